The summed E-state index contributed by atoms with van der Waals surface area (Å²) in [6.07, 6.45) is 0.274. The van der Waals surface area contributed by atoms with Gasteiger partial charge < -0.3 is 0 Å². The second-order valence-corrected chi connectivity index (χ2v) is 4.38. The van der Waals surface area contributed by atoms with Gasteiger partial charge in [-0.1, -0.05) is 13.0 Å². The van der Waals surface area contributed by atoms with E-state index in [0.29, 0.717) is 16.8 Å². The van der Waals surface area contributed by atoms with Gasteiger partial charge in [0.05, 0.1) is 17.3 Å². The molecule has 0 bridgehead atoms. The Hall–Kier alpha value is -2.99. The summed E-state index contributed by atoms with van der Waals surface area (Å²) in [6, 6.07) is 6.86. The molecule has 0 fully saturated rings. The van der Waals surface area contributed by atoms with E-state index >= 15 is 0 Å². The molecular weight excluding hydrogens is 288 g/mol. The van der Waals surface area contributed by atoms with Gasteiger partial charge in [0.15, 0.2) is 0 Å². The highest BCUT2D eigenvalue weighted by molar-refractivity contribution is 5.74. The normalized spacial score (nSPS) is 10.2. The van der Waals surface area contributed by atoms with Crippen LogP contribution in [-0.4, -0.2) is 25.7 Å². The molecule has 1 aromatic carbocycles. The Bertz CT molecular complexity index is 786. The fourth-order valence-corrected chi connectivity index (χ4v) is 1.76. The molecule has 1 aromatic heterocycles. The number of aryl methyl sites for hydroxylation is 1. The van der Waals surface area contributed by atoms with E-state index in [1.165, 1.54) is 7.05 Å². The number of benzene rings is 1. The number of nitriles is 1. The second kappa shape index (κ2) is 6.64. The fraction of sp³-hybridized carbons (Fsp3) is 0.308. The molecular formula is C13H14N6O3. The summed E-state index contributed by atoms with van der Waals surface area (Å²) in [7, 11) is 1.47. The molecule has 0 radical (unpaired) electrons. The molecule has 114 valence electrons. The number of nitrogens with zero attached hydrogens (tertiary/aromatic N) is 5. The largest absolute Gasteiger partial charge is 0.368 e. The van der Waals surface area contributed by atoms with Crippen molar-refractivity contribution in [2.45, 2.75) is 20.0 Å². The predicted octanol–water partition coefficient (Wildman–Crippen LogP) is -0.205. The van der Waals surface area contributed by atoms with Crippen LogP contribution in [-0.2, 0) is 23.3 Å². The van der Waals surface area contributed by atoms with Crippen LogP contribution in [0.5, 0.6) is 0 Å². The Morgan fingerprint density at radius 2 is 2.23 bits per heavy atom. The highest BCUT2D eigenvalue weighted by Gasteiger charge is 2.15. The van der Waals surface area contributed by atoms with Gasteiger partial charge >= 0.3 is 5.69 Å². The summed E-state index contributed by atoms with van der Waals surface area (Å²) in [5.41, 5.74) is 2.94. The topological polar surface area (TPSA) is 115 Å². The van der Waals surface area contributed by atoms with Crippen LogP contribution in [0.4, 0.5) is 0 Å². The van der Waals surface area contributed by atoms with Crippen LogP contribution >= 0.6 is 0 Å². The Morgan fingerprint density at radius 1 is 1.45 bits per heavy atom. The van der Waals surface area contributed by atoms with Crippen LogP contribution in [0.2, 0.25) is 0 Å². The van der Waals surface area contributed by atoms with Gasteiger partial charge in [-0.25, -0.2) is 10.3 Å². The highest BCUT2D eigenvalue weighted by atomic mass is 16.6. The number of carbonyl (C=O) groups excluding carboxylic acids is 1. The van der Waals surface area contributed by atoms with Crippen molar-refractivity contribution in [1.29, 1.82) is 5.26 Å². The maximum atomic E-state index is 12.0. The summed E-state index contributed by atoms with van der Waals surface area (Å²) in [4.78, 5) is 28.2. The standard InChI is InChI=1S/C13H14N6O3/c1-3-12(20)15-22-8-10-9(7-14)5-4-6-11(10)19-13(21)18(2)16-17-19/h4-6H,3,8H2,1-2H3,(H,15,20). The third kappa shape index (κ3) is 3.02. The Kier molecular flexibility index (Phi) is 4.65. The fourth-order valence-electron chi connectivity index (χ4n) is 1.76. The second-order valence-electron chi connectivity index (χ2n) is 4.38. The summed E-state index contributed by atoms with van der Waals surface area (Å²) >= 11 is 0. The lowest BCUT2D eigenvalue weighted by Gasteiger charge is -2.10. The van der Waals surface area contributed by atoms with Gasteiger partial charge in [0.1, 0.15) is 6.61 Å². The molecule has 2 rings (SSSR count). The van der Waals surface area contributed by atoms with E-state index < -0.39 is 5.69 Å². The van der Waals surface area contributed by atoms with Gasteiger partial charge in [-0.15, -0.1) is 0 Å². The number of tetrazole rings is 1. The Labute approximate surface area is 125 Å². The first kappa shape index (κ1) is 15.4. The van der Waals surface area contributed by atoms with Gasteiger partial charge in [-0.05, 0) is 22.6 Å². The van der Waals surface area contributed by atoms with E-state index in [0.717, 1.165) is 9.36 Å². The summed E-state index contributed by atoms with van der Waals surface area (Å²) in [5, 5.41) is 16.6. The van der Waals surface area contributed by atoms with Crippen molar-refractivity contribution in [3.05, 3.63) is 39.8 Å². The number of hydroxylamine groups is 1. The molecule has 9 heteroatoms. The number of rotatable bonds is 5. The van der Waals surface area contributed by atoms with Crippen LogP contribution in [0, 0.1) is 11.3 Å². The molecule has 1 amide bonds. The van der Waals surface area contributed by atoms with Crippen molar-refractivity contribution in [1.82, 2.24) is 25.3 Å². The molecule has 1 N–H and O–H groups in total. The lowest BCUT2D eigenvalue weighted by molar-refractivity contribution is -0.134. The first-order valence-corrected chi connectivity index (χ1v) is 6.50. The minimum atomic E-state index is -0.450. The number of hydrogen-bond acceptors (Lipinski definition) is 6. The number of carbonyl (C=O) groups is 1. The van der Waals surface area contributed by atoms with E-state index in [-0.39, 0.29) is 18.9 Å². The molecule has 0 spiro atoms. The van der Waals surface area contributed by atoms with Crippen LogP contribution in [0.3, 0.4) is 0 Å². The van der Waals surface area contributed by atoms with Crippen molar-refractivity contribution in [2.75, 3.05) is 0 Å². The zero-order chi connectivity index (χ0) is 16.1. The zero-order valence-electron chi connectivity index (χ0n) is 12.1. The first-order valence-electron chi connectivity index (χ1n) is 6.50. The molecule has 0 aliphatic carbocycles. The molecule has 0 atom stereocenters. The van der Waals surface area contributed by atoms with Crippen LogP contribution in [0.15, 0.2) is 23.0 Å². The van der Waals surface area contributed by atoms with E-state index in [1.807, 2.05) is 6.07 Å². The average Bonchev–Trinajstić information content (AvgIpc) is 2.86. The van der Waals surface area contributed by atoms with Crippen LogP contribution in [0.1, 0.15) is 24.5 Å². The molecule has 22 heavy (non-hydrogen) atoms. The molecule has 0 saturated heterocycles. The van der Waals surface area contributed by atoms with Gasteiger partial charge in [0, 0.05) is 19.0 Å². The smallest absolute Gasteiger partial charge is 0.273 e. The molecule has 2 aromatic rings. The third-order valence-corrected chi connectivity index (χ3v) is 2.95. The van der Waals surface area contributed by atoms with Gasteiger partial charge in [0.2, 0.25) is 5.91 Å². The Balaban J connectivity index is 2.38. The molecule has 9 nitrogen and oxygen atoms in total. The van der Waals surface area contributed by atoms with Crippen molar-refractivity contribution in [3.63, 3.8) is 0 Å². The first-order chi connectivity index (χ1) is 10.6. The third-order valence-electron chi connectivity index (χ3n) is 2.95. The number of hydrogen-bond donors (Lipinski definition) is 1. The quantitative estimate of drug-likeness (QED) is 0.765. The summed E-state index contributed by atoms with van der Waals surface area (Å²) < 4.78 is 2.14. The van der Waals surface area contributed by atoms with E-state index in [4.69, 9.17) is 4.84 Å². The maximum Gasteiger partial charge on any atom is 0.368 e. The maximum absolute atomic E-state index is 12.0. The van der Waals surface area contributed by atoms with E-state index in [2.05, 4.69) is 15.9 Å². The monoisotopic (exact) mass is 302 g/mol. The summed E-state index contributed by atoms with van der Waals surface area (Å²) in [5.74, 6) is -0.285. The zero-order valence-corrected chi connectivity index (χ0v) is 12.1. The van der Waals surface area contributed by atoms with Gasteiger partial charge in [-0.3, -0.25) is 9.63 Å². The minimum Gasteiger partial charge on any atom is -0.273 e. The van der Waals surface area contributed by atoms with Crippen molar-refractivity contribution >= 4 is 5.91 Å². The van der Waals surface area contributed by atoms with E-state index in [9.17, 15) is 14.9 Å². The molecule has 0 unspecified atom stereocenters. The molecule has 0 saturated carbocycles. The predicted molar refractivity (Wildman–Crippen MR) is 74.5 cm³/mol. The molecule has 1 heterocycles. The lowest BCUT2D eigenvalue weighted by Crippen LogP contribution is -2.25. The van der Waals surface area contributed by atoms with Gasteiger partial charge in [0.25, 0.3) is 0 Å². The molecule has 0 aliphatic rings. The summed E-state index contributed by atoms with van der Waals surface area (Å²) in [6.45, 7) is 1.61. The minimum absolute atomic E-state index is 0.0756. The average molecular weight is 302 g/mol. The number of nitrogens with one attached hydrogen (secondary N) is 1. The highest BCUT2D eigenvalue weighted by Crippen LogP contribution is 2.17. The Morgan fingerprint density at radius 3 is 2.82 bits per heavy atom. The van der Waals surface area contributed by atoms with E-state index in [1.54, 1.807) is 25.1 Å². The van der Waals surface area contributed by atoms with Crippen molar-refractivity contribution < 1.29 is 9.63 Å². The lowest BCUT2D eigenvalue weighted by atomic mass is 10.1. The SMILES string of the molecule is CCC(=O)NOCc1c(C#N)cccc1-n1nnn(C)c1=O. The van der Waals surface area contributed by atoms with Crippen LogP contribution in [0.25, 0.3) is 5.69 Å². The number of aromatic nitrogens is 4. The molecule has 0 aliphatic heterocycles. The van der Waals surface area contributed by atoms with Crippen LogP contribution < -0.4 is 11.2 Å². The number of amides is 1. The van der Waals surface area contributed by atoms with Gasteiger partial charge in [-0.2, -0.15) is 14.6 Å². The van der Waals surface area contributed by atoms with Crippen molar-refractivity contribution in [3.8, 4) is 11.8 Å². The van der Waals surface area contributed by atoms with Crippen molar-refractivity contribution in [2.24, 2.45) is 7.05 Å².